The molecule has 2 saturated heterocycles. The van der Waals surface area contributed by atoms with E-state index in [0.717, 1.165) is 24.5 Å². The lowest BCUT2D eigenvalue weighted by Gasteiger charge is -2.38. The van der Waals surface area contributed by atoms with Crippen molar-refractivity contribution in [1.29, 1.82) is 0 Å². The standard InChI is InChI=1S/C24H27N3O5/c1-3-32-24(30)17-7-9-18(10-8-17)27-22(28)16-21(23(27)29)26-13-11-25(12-14-26)19-5-4-6-20(15-19)31-2/h4-10,15,21H,3,11-14,16H2,1-2H3/t21-/m1/s1. The van der Waals surface area contributed by atoms with Crippen molar-refractivity contribution >= 4 is 29.2 Å². The normalized spacial score (nSPS) is 19.4. The first-order valence-corrected chi connectivity index (χ1v) is 10.8. The lowest BCUT2D eigenvalue weighted by Crippen LogP contribution is -2.52. The van der Waals surface area contributed by atoms with Crippen LogP contribution < -0.4 is 14.5 Å². The molecule has 0 radical (unpaired) electrons. The summed E-state index contributed by atoms with van der Waals surface area (Å²) in [5.41, 5.74) is 1.95. The molecule has 0 aliphatic carbocycles. The Morgan fingerprint density at radius 1 is 1.00 bits per heavy atom. The molecule has 8 nitrogen and oxygen atoms in total. The monoisotopic (exact) mass is 437 g/mol. The average Bonchev–Trinajstić information content (AvgIpc) is 3.13. The Hall–Kier alpha value is -3.39. The molecule has 2 heterocycles. The van der Waals surface area contributed by atoms with Crippen molar-refractivity contribution in [3.8, 4) is 5.75 Å². The molecule has 0 aromatic heterocycles. The Morgan fingerprint density at radius 3 is 2.38 bits per heavy atom. The molecule has 2 amide bonds. The van der Waals surface area contributed by atoms with Crippen LogP contribution in [-0.4, -0.2) is 68.6 Å². The van der Waals surface area contributed by atoms with E-state index in [2.05, 4.69) is 9.80 Å². The number of carbonyl (C=O) groups excluding carboxylic acids is 3. The van der Waals surface area contributed by atoms with Crippen LogP contribution in [0.4, 0.5) is 11.4 Å². The number of carbonyl (C=O) groups is 3. The third-order valence-electron chi connectivity index (χ3n) is 5.93. The molecule has 2 fully saturated rings. The summed E-state index contributed by atoms with van der Waals surface area (Å²) >= 11 is 0. The van der Waals surface area contributed by atoms with Gasteiger partial charge in [-0.3, -0.25) is 14.5 Å². The summed E-state index contributed by atoms with van der Waals surface area (Å²) in [5.74, 6) is -0.0520. The summed E-state index contributed by atoms with van der Waals surface area (Å²) in [6.07, 6.45) is 0.164. The van der Waals surface area contributed by atoms with Gasteiger partial charge in [-0.25, -0.2) is 9.69 Å². The first-order chi connectivity index (χ1) is 15.5. The second kappa shape index (κ2) is 9.40. The molecule has 2 aromatic carbocycles. The van der Waals surface area contributed by atoms with Gasteiger partial charge in [-0.1, -0.05) is 6.07 Å². The minimum absolute atomic E-state index is 0.164. The Labute approximate surface area is 187 Å². The summed E-state index contributed by atoms with van der Waals surface area (Å²) in [7, 11) is 1.65. The molecule has 2 aliphatic rings. The van der Waals surface area contributed by atoms with Crippen LogP contribution in [-0.2, 0) is 14.3 Å². The van der Waals surface area contributed by atoms with Gasteiger partial charge in [0.1, 0.15) is 5.75 Å². The molecule has 4 rings (SSSR count). The molecule has 1 atom stereocenters. The van der Waals surface area contributed by atoms with E-state index in [0.29, 0.717) is 24.3 Å². The fraction of sp³-hybridized carbons (Fsp3) is 0.375. The number of rotatable bonds is 6. The van der Waals surface area contributed by atoms with Crippen molar-refractivity contribution < 1.29 is 23.9 Å². The van der Waals surface area contributed by atoms with E-state index in [4.69, 9.17) is 9.47 Å². The molecule has 8 heteroatoms. The second-order valence-corrected chi connectivity index (χ2v) is 7.78. The van der Waals surface area contributed by atoms with Crippen LogP contribution in [0.2, 0.25) is 0 Å². The summed E-state index contributed by atoms with van der Waals surface area (Å²) in [6.45, 7) is 4.94. The summed E-state index contributed by atoms with van der Waals surface area (Å²) in [5, 5.41) is 0. The van der Waals surface area contributed by atoms with Crippen LogP contribution in [0.15, 0.2) is 48.5 Å². The number of esters is 1. The number of benzene rings is 2. The number of amides is 2. The smallest absolute Gasteiger partial charge is 0.338 e. The quantitative estimate of drug-likeness (QED) is 0.507. The Balaban J connectivity index is 1.40. The van der Waals surface area contributed by atoms with Crippen molar-refractivity contribution in [2.45, 2.75) is 19.4 Å². The number of ether oxygens (including phenoxy) is 2. The highest BCUT2D eigenvalue weighted by molar-refractivity contribution is 6.22. The molecule has 0 N–H and O–H groups in total. The molecule has 2 aromatic rings. The van der Waals surface area contributed by atoms with Gasteiger partial charge >= 0.3 is 5.97 Å². The number of hydrogen-bond donors (Lipinski definition) is 0. The van der Waals surface area contributed by atoms with Gasteiger partial charge < -0.3 is 14.4 Å². The van der Waals surface area contributed by atoms with Crippen LogP contribution in [0.25, 0.3) is 0 Å². The second-order valence-electron chi connectivity index (χ2n) is 7.78. The van der Waals surface area contributed by atoms with Gasteiger partial charge in [0.05, 0.1) is 37.4 Å². The zero-order chi connectivity index (χ0) is 22.7. The van der Waals surface area contributed by atoms with E-state index >= 15 is 0 Å². The highest BCUT2D eigenvalue weighted by Gasteiger charge is 2.43. The molecular weight excluding hydrogens is 410 g/mol. The highest BCUT2D eigenvalue weighted by Crippen LogP contribution is 2.28. The minimum Gasteiger partial charge on any atom is -0.497 e. The number of piperazine rings is 1. The SMILES string of the molecule is CCOC(=O)c1ccc(N2C(=O)C[C@@H](N3CCN(c4cccc(OC)c4)CC3)C2=O)cc1. The van der Waals surface area contributed by atoms with Crippen LogP contribution in [0.1, 0.15) is 23.7 Å². The number of imide groups is 1. The molecule has 0 saturated carbocycles. The van der Waals surface area contributed by atoms with E-state index in [1.807, 2.05) is 24.3 Å². The predicted molar refractivity (Wildman–Crippen MR) is 120 cm³/mol. The van der Waals surface area contributed by atoms with Crippen LogP contribution in [0.5, 0.6) is 5.75 Å². The third kappa shape index (κ3) is 4.31. The minimum atomic E-state index is -0.459. The first-order valence-electron chi connectivity index (χ1n) is 10.8. The fourth-order valence-electron chi connectivity index (χ4n) is 4.23. The summed E-state index contributed by atoms with van der Waals surface area (Å²) in [6, 6.07) is 13.9. The van der Waals surface area contributed by atoms with Gasteiger partial charge in [0.25, 0.3) is 5.91 Å². The topological polar surface area (TPSA) is 79.4 Å². The van der Waals surface area contributed by atoms with E-state index in [1.165, 1.54) is 4.90 Å². The van der Waals surface area contributed by atoms with Crippen LogP contribution in [0.3, 0.4) is 0 Å². The van der Waals surface area contributed by atoms with E-state index < -0.39 is 12.0 Å². The lowest BCUT2D eigenvalue weighted by atomic mass is 10.1. The maximum absolute atomic E-state index is 13.1. The van der Waals surface area contributed by atoms with Crippen molar-refractivity contribution in [1.82, 2.24) is 4.90 Å². The van der Waals surface area contributed by atoms with Crippen molar-refractivity contribution in [2.24, 2.45) is 0 Å². The molecule has 0 unspecified atom stereocenters. The Morgan fingerprint density at radius 2 is 1.72 bits per heavy atom. The van der Waals surface area contributed by atoms with Gasteiger partial charge in [-0.05, 0) is 43.3 Å². The number of anilines is 2. The Bertz CT molecular complexity index is 999. The number of nitrogens with zero attached hydrogens (tertiary/aromatic N) is 3. The number of methoxy groups -OCH3 is 1. The zero-order valence-corrected chi connectivity index (χ0v) is 18.3. The molecule has 168 valence electrons. The fourth-order valence-corrected chi connectivity index (χ4v) is 4.23. The number of hydrogen-bond acceptors (Lipinski definition) is 7. The maximum atomic E-state index is 13.1. The highest BCUT2D eigenvalue weighted by atomic mass is 16.5. The average molecular weight is 437 g/mol. The van der Waals surface area contributed by atoms with Crippen molar-refractivity contribution in [3.63, 3.8) is 0 Å². The molecule has 2 aliphatic heterocycles. The van der Waals surface area contributed by atoms with Crippen LogP contribution >= 0.6 is 0 Å². The Kier molecular flexibility index (Phi) is 6.41. The van der Waals surface area contributed by atoms with Gasteiger partial charge in [0.15, 0.2) is 0 Å². The van der Waals surface area contributed by atoms with Crippen LogP contribution in [0, 0.1) is 0 Å². The van der Waals surface area contributed by atoms with Gasteiger partial charge in [0.2, 0.25) is 5.91 Å². The first kappa shape index (κ1) is 21.8. The summed E-state index contributed by atoms with van der Waals surface area (Å²) in [4.78, 5) is 43.2. The lowest BCUT2D eigenvalue weighted by molar-refractivity contribution is -0.123. The molecule has 0 spiro atoms. The molecule has 32 heavy (non-hydrogen) atoms. The molecular formula is C24H27N3O5. The van der Waals surface area contributed by atoms with Gasteiger partial charge in [0, 0.05) is 37.9 Å². The largest absolute Gasteiger partial charge is 0.497 e. The van der Waals surface area contributed by atoms with Gasteiger partial charge in [-0.15, -0.1) is 0 Å². The van der Waals surface area contributed by atoms with Crippen molar-refractivity contribution in [3.05, 3.63) is 54.1 Å². The maximum Gasteiger partial charge on any atom is 0.338 e. The summed E-state index contributed by atoms with van der Waals surface area (Å²) < 4.78 is 10.3. The predicted octanol–water partition coefficient (Wildman–Crippen LogP) is 2.33. The van der Waals surface area contributed by atoms with E-state index in [1.54, 1.807) is 38.3 Å². The van der Waals surface area contributed by atoms with Gasteiger partial charge in [-0.2, -0.15) is 0 Å². The molecule has 0 bridgehead atoms. The van der Waals surface area contributed by atoms with E-state index in [-0.39, 0.29) is 24.8 Å². The van der Waals surface area contributed by atoms with Crippen molar-refractivity contribution in [2.75, 3.05) is 49.7 Å². The third-order valence-corrected chi connectivity index (χ3v) is 5.93. The van der Waals surface area contributed by atoms with E-state index in [9.17, 15) is 14.4 Å². The zero-order valence-electron chi connectivity index (χ0n) is 18.3.